The lowest BCUT2D eigenvalue weighted by Crippen LogP contribution is -3.05. The average molecular weight is 325 g/mol. The molecule has 106 valence electrons. The molecule has 0 saturated heterocycles. The van der Waals surface area contributed by atoms with Crippen molar-refractivity contribution in [2.45, 2.75) is 45.4 Å². The number of quaternary nitrogens is 1. The minimum atomic E-state index is 0. The molecule has 2 rings (SSSR count). The van der Waals surface area contributed by atoms with Crippen LogP contribution in [0.2, 0.25) is 0 Å². The molecule has 0 fully saturated rings. The van der Waals surface area contributed by atoms with Gasteiger partial charge in [-0.15, -0.1) is 0 Å². The van der Waals surface area contributed by atoms with Crippen LogP contribution in [-0.4, -0.2) is 6.54 Å². The van der Waals surface area contributed by atoms with E-state index in [0.29, 0.717) is 0 Å². The Morgan fingerprint density at radius 1 is 1.00 bits per heavy atom. The Hall–Kier alpha value is -0.800. The Balaban J connectivity index is 0.00000180. The molecule has 1 heterocycles. The highest BCUT2D eigenvalue weighted by Gasteiger charge is 2.15. The third-order valence-electron chi connectivity index (χ3n) is 3.73. The number of rotatable bonds is 7. The molecule has 3 heteroatoms. The second-order valence-electron chi connectivity index (χ2n) is 5.19. The summed E-state index contributed by atoms with van der Waals surface area (Å²) in [6.07, 6.45) is 10.3. The molecule has 0 bridgehead atoms. The van der Waals surface area contributed by atoms with E-state index in [1.54, 1.807) is 0 Å². The number of unbranched alkanes of at least 4 members (excludes halogenated alkanes) is 5. The second-order valence-corrected chi connectivity index (χ2v) is 5.19. The van der Waals surface area contributed by atoms with Crippen LogP contribution in [0, 0.1) is 0 Å². The van der Waals surface area contributed by atoms with E-state index < -0.39 is 0 Å². The number of hydrogen-bond donors (Lipinski definition) is 2. The molecule has 1 aliphatic rings. The molecule has 1 unspecified atom stereocenters. The summed E-state index contributed by atoms with van der Waals surface area (Å²) in [5, 5.41) is 2.51. The van der Waals surface area contributed by atoms with Crippen molar-refractivity contribution in [3.63, 3.8) is 0 Å². The normalized spacial score (nSPS) is 16.7. The van der Waals surface area contributed by atoms with Crippen LogP contribution in [0.25, 0.3) is 12.0 Å². The lowest BCUT2D eigenvalue weighted by atomic mass is 10.1. The van der Waals surface area contributed by atoms with E-state index in [-0.39, 0.29) is 17.0 Å². The fourth-order valence-electron chi connectivity index (χ4n) is 2.61. The van der Waals surface area contributed by atoms with Gasteiger partial charge in [-0.1, -0.05) is 44.7 Å². The first-order chi connectivity index (χ1) is 8.83. The zero-order chi connectivity index (χ0) is 12.8. The highest BCUT2D eigenvalue weighted by atomic mass is 79.9. The maximum atomic E-state index is 6.20. The first kappa shape index (κ1) is 16.3. The van der Waals surface area contributed by atoms with E-state index in [2.05, 4.69) is 37.4 Å². The van der Waals surface area contributed by atoms with Gasteiger partial charge in [0.15, 0.2) is 0 Å². The molecule has 3 N–H and O–H groups in total. The minimum absolute atomic E-state index is 0. The summed E-state index contributed by atoms with van der Waals surface area (Å²) in [5.74, 6) is 0.999. The zero-order valence-electron chi connectivity index (χ0n) is 11.8. The summed E-state index contributed by atoms with van der Waals surface area (Å²) in [4.78, 5) is 1.34. The van der Waals surface area contributed by atoms with E-state index in [0.717, 1.165) is 12.4 Å². The van der Waals surface area contributed by atoms with E-state index in [1.165, 1.54) is 53.9 Å². The average Bonchev–Trinajstić information content (AvgIpc) is 2.71. The first-order valence-corrected chi connectivity index (χ1v) is 7.25. The molecule has 0 aromatic heterocycles. The van der Waals surface area contributed by atoms with Crippen LogP contribution < -0.4 is 38.1 Å². The molecular formula is C16H25BrN2. The van der Waals surface area contributed by atoms with Gasteiger partial charge in [0, 0.05) is 5.22 Å². The highest BCUT2D eigenvalue weighted by Crippen LogP contribution is 2.03. The summed E-state index contributed by atoms with van der Waals surface area (Å²) < 4.78 is 0. The van der Waals surface area contributed by atoms with Crippen LogP contribution in [0.15, 0.2) is 24.3 Å². The Kier molecular flexibility index (Phi) is 7.17. The Morgan fingerprint density at radius 3 is 2.42 bits per heavy atom. The standard InChI is InChI=1S/C16H24N2.BrH/c1-2-3-4-5-6-9-12-18-13-14-10-7-8-11-15(14)16(18)17;/h7-8,10-11,13H,2-6,9,12,17H2,1H3;1H. The third kappa shape index (κ3) is 4.36. The summed E-state index contributed by atoms with van der Waals surface area (Å²) in [7, 11) is 0. The Labute approximate surface area is 126 Å². The van der Waals surface area contributed by atoms with Crippen LogP contribution in [0.1, 0.15) is 45.4 Å². The molecule has 1 atom stereocenters. The molecule has 2 nitrogen and oxygen atoms in total. The van der Waals surface area contributed by atoms with Crippen molar-refractivity contribution >= 4 is 12.0 Å². The minimum Gasteiger partial charge on any atom is -1.00 e. The van der Waals surface area contributed by atoms with Crippen LogP contribution in [0.5, 0.6) is 0 Å². The van der Waals surface area contributed by atoms with E-state index in [4.69, 9.17) is 5.73 Å². The van der Waals surface area contributed by atoms with Gasteiger partial charge in [0.2, 0.25) is 5.82 Å². The predicted molar refractivity (Wildman–Crippen MR) is 77.0 cm³/mol. The highest BCUT2D eigenvalue weighted by molar-refractivity contribution is 5.40. The van der Waals surface area contributed by atoms with Gasteiger partial charge in [-0.25, -0.2) is 0 Å². The van der Waals surface area contributed by atoms with Crippen molar-refractivity contribution in [2.75, 3.05) is 6.54 Å². The van der Waals surface area contributed by atoms with Gasteiger partial charge in [0.1, 0.15) is 6.20 Å². The number of hydrogen-bond acceptors (Lipinski definition) is 1. The van der Waals surface area contributed by atoms with E-state index in [9.17, 15) is 0 Å². The van der Waals surface area contributed by atoms with Gasteiger partial charge in [0.05, 0.1) is 11.8 Å². The van der Waals surface area contributed by atoms with Gasteiger partial charge in [-0.2, -0.15) is 0 Å². The predicted octanol–water partition coefficient (Wildman–Crippen LogP) is -2.29. The summed E-state index contributed by atoms with van der Waals surface area (Å²) in [6.45, 7) is 3.39. The van der Waals surface area contributed by atoms with Crippen molar-refractivity contribution < 1.29 is 21.9 Å². The molecule has 0 saturated carbocycles. The van der Waals surface area contributed by atoms with Crippen molar-refractivity contribution in [2.24, 2.45) is 5.73 Å². The Morgan fingerprint density at radius 2 is 1.68 bits per heavy atom. The first-order valence-electron chi connectivity index (χ1n) is 7.25. The lowest BCUT2D eigenvalue weighted by Gasteiger charge is -2.10. The Bertz CT molecular complexity index is 496. The van der Waals surface area contributed by atoms with Crippen molar-refractivity contribution in [1.29, 1.82) is 0 Å². The molecule has 0 amide bonds. The number of nitrogens with one attached hydrogen (secondary N) is 1. The fraction of sp³-hybridized carbons (Fsp3) is 0.500. The van der Waals surface area contributed by atoms with Gasteiger partial charge in [0.25, 0.3) is 0 Å². The maximum absolute atomic E-state index is 6.20. The number of nitrogens with two attached hydrogens (primary N) is 1. The second kappa shape index (κ2) is 8.39. The molecular weight excluding hydrogens is 300 g/mol. The lowest BCUT2D eigenvalue weighted by molar-refractivity contribution is -0.738. The summed E-state index contributed by atoms with van der Waals surface area (Å²) in [5.41, 5.74) is 6.20. The molecule has 0 radical (unpaired) electrons. The number of benzene rings is 1. The van der Waals surface area contributed by atoms with Crippen molar-refractivity contribution in [1.82, 2.24) is 0 Å². The molecule has 19 heavy (non-hydrogen) atoms. The molecule has 1 aromatic rings. The molecule has 1 aromatic carbocycles. The van der Waals surface area contributed by atoms with Crippen LogP contribution in [0.3, 0.4) is 0 Å². The van der Waals surface area contributed by atoms with Crippen molar-refractivity contribution in [3.8, 4) is 0 Å². The molecule has 1 aliphatic heterocycles. The fourth-order valence-corrected chi connectivity index (χ4v) is 2.61. The maximum Gasteiger partial charge on any atom is 0.209 e. The number of fused-ring (bicyclic) bond motifs is 1. The summed E-state index contributed by atoms with van der Waals surface area (Å²) >= 11 is 0. The zero-order valence-corrected chi connectivity index (χ0v) is 13.4. The van der Waals surface area contributed by atoms with E-state index >= 15 is 0 Å². The summed E-state index contributed by atoms with van der Waals surface area (Å²) in [6, 6.07) is 8.41. The monoisotopic (exact) mass is 324 g/mol. The van der Waals surface area contributed by atoms with Crippen molar-refractivity contribution in [3.05, 3.63) is 34.7 Å². The molecule has 0 aliphatic carbocycles. The van der Waals surface area contributed by atoms with Crippen LogP contribution >= 0.6 is 0 Å². The number of halogens is 1. The van der Waals surface area contributed by atoms with Crippen LogP contribution in [-0.2, 0) is 0 Å². The van der Waals surface area contributed by atoms with Gasteiger partial charge < -0.3 is 22.7 Å². The topological polar surface area (TPSA) is 30.5 Å². The molecule has 0 spiro atoms. The van der Waals surface area contributed by atoms with Crippen LogP contribution in [0.4, 0.5) is 0 Å². The van der Waals surface area contributed by atoms with Gasteiger partial charge in [-0.05, 0) is 25.0 Å². The smallest absolute Gasteiger partial charge is 0.209 e. The van der Waals surface area contributed by atoms with Gasteiger partial charge in [-0.3, -0.25) is 4.90 Å². The largest absolute Gasteiger partial charge is 1.00 e. The quantitative estimate of drug-likeness (QED) is 0.544. The SMILES string of the molecule is CCCCCCCC[NH+]1C=c2ccccc2=C1N.[Br-]. The van der Waals surface area contributed by atoms with E-state index in [1.807, 2.05) is 0 Å². The van der Waals surface area contributed by atoms with Gasteiger partial charge >= 0.3 is 0 Å². The third-order valence-corrected chi connectivity index (χ3v) is 3.73.